The quantitative estimate of drug-likeness (QED) is 0.116. The van der Waals surface area contributed by atoms with Gasteiger partial charge in [0, 0.05) is 13.0 Å². The first kappa shape index (κ1) is 33.3. The highest BCUT2D eigenvalue weighted by atomic mass is 16.7. The molecule has 0 aromatic heterocycles. The van der Waals surface area contributed by atoms with E-state index in [9.17, 15) is 20.1 Å². The molecular weight excluding hydrogens is 460 g/mol. The summed E-state index contributed by atoms with van der Waals surface area (Å²) < 4.78 is 16.1. The van der Waals surface area contributed by atoms with Crippen LogP contribution < -0.4 is 0 Å². The van der Waals surface area contributed by atoms with E-state index >= 15 is 0 Å². The number of rotatable bonds is 23. The molecule has 5 atom stereocenters. The molecule has 36 heavy (non-hydrogen) atoms. The molecule has 0 saturated carbocycles. The van der Waals surface area contributed by atoms with Crippen LogP contribution in [0, 0.1) is 0 Å². The Kier molecular flexibility index (Phi) is 20.6. The van der Waals surface area contributed by atoms with E-state index in [4.69, 9.17) is 14.2 Å². The van der Waals surface area contributed by atoms with Gasteiger partial charge in [-0.3, -0.25) is 4.79 Å². The lowest BCUT2D eigenvalue weighted by molar-refractivity contribution is -0.301. The lowest BCUT2D eigenvalue weighted by Gasteiger charge is -2.39. The third-order valence-electron chi connectivity index (χ3n) is 7.05. The minimum atomic E-state index is -1.41. The molecule has 214 valence electrons. The number of carbonyl (C=O) groups is 1. The van der Waals surface area contributed by atoms with Crippen LogP contribution in [0.5, 0.6) is 0 Å². The standard InChI is InChI=1S/C29H56O7/c1-3-5-6-7-8-9-10-11-12-13-14-15-16-17-18-19-20-21-25(30)35-23-24-26(31)27(32)28(33)29(36-24)34-22-4-2/h24,26-29,31-33H,3-23H2,1-2H3/t24-,26-,27+,28-,29?/m1/s1. The maximum Gasteiger partial charge on any atom is 0.305 e. The minimum absolute atomic E-state index is 0.172. The van der Waals surface area contributed by atoms with Gasteiger partial charge in [-0.25, -0.2) is 0 Å². The number of aliphatic hydroxyl groups excluding tert-OH is 3. The van der Waals surface area contributed by atoms with E-state index in [-0.39, 0.29) is 12.6 Å². The Morgan fingerprint density at radius 2 is 1.11 bits per heavy atom. The molecule has 1 fully saturated rings. The van der Waals surface area contributed by atoms with Crippen LogP contribution in [-0.4, -0.2) is 65.2 Å². The number of esters is 1. The predicted molar refractivity (Wildman–Crippen MR) is 143 cm³/mol. The largest absolute Gasteiger partial charge is 0.463 e. The van der Waals surface area contributed by atoms with Crippen LogP contribution in [0.25, 0.3) is 0 Å². The Morgan fingerprint density at radius 3 is 1.58 bits per heavy atom. The number of ether oxygens (including phenoxy) is 3. The number of hydrogen-bond donors (Lipinski definition) is 3. The van der Waals surface area contributed by atoms with E-state index in [1.165, 1.54) is 89.9 Å². The van der Waals surface area contributed by atoms with E-state index in [1.54, 1.807) is 0 Å². The summed E-state index contributed by atoms with van der Waals surface area (Å²) in [6.07, 6.45) is 17.0. The van der Waals surface area contributed by atoms with Gasteiger partial charge >= 0.3 is 5.97 Å². The zero-order valence-electron chi connectivity index (χ0n) is 23.2. The molecule has 7 heteroatoms. The average Bonchev–Trinajstić information content (AvgIpc) is 2.88. The summed E-state index contributed by atoms with van der Waals surface area (Å²) in [7, 11) is 0. The Hall–Kier alpha value is -0.730. The van der Waals surface area contributed by atoms with E-state index in [0.29, 0.717) is 13.0 Å². The summed E-state index contributed by atoms with van der Waals surface area (Å²) >= 11 is 0. The van der Waals surface area contributed by atoms with Crippen molar-refractivity contribution in [1.82, 2.24) is 0 Å². The van der Waals surface area contributed by atoms with Crippen molar-refractivity contribution in [2.75, 3.05) is 13.2 Å². The second kappa shape index (κ2) is 22.3. The van der Waals surface area contributed by atoms with Crippen molar-refractivity contribution in [2.45, 2.75) is 167 Å². The lowest BCUT2D eigenvalue weighted by atomic mass is 9.99. The predicted octanol–water partition coefficient (Wildman–Crippen LogP) is 5.81. The van der Waals surface area contributed by atoms with Crippen molar-refractivity contribution in [3.8, 4) is 0 Å². The van der Waals surface area contributed by atoms with Crippen molar-refractivity contribution in [2.24, 2.45) is 0 Å². The van der Waals surface area contributed by atoms with Crippen LogP contribution in [0.15, 0.2) is 0 Å². The van der Waals surface area contributed by atoms with Crippen molar-refractivity contribution in [3.05, 3.63) is 0 Å². The number of unbranched alkanes of at least 4 members (excludes halogenated alkanes) is 16. The fourth-order valence-electron chi connectivity index (χ4n) is 4.67. The summed E-state index contributed by atoms with van der Waals surface area (Å²) in [4.78, 5) is 12.0. The SMILES string of the molecule is CCCCCCCCCCCCCCCCCCCC(=O)OC[C@H]1OC(OCCC)[C@H](O)[C@@H](O)[C@@H]1O. The first-order valence-electron chi connectivity index (χ1n) is 15.0. The van der Waals surface area contributed by atoms with Crippen LogP contribution in [0.4, 0.5) is 0 Å². The summed E-state index contributed by atoms with van der Waals surface area (Å²) in [5.74, 6) is -0.335. The minimum Gasteiger partial charge on any atom is -0.463 e. The monoisotopic (exact) mass is 516 g/mol. The van der Waals surface area contributed by atoms with Gasteiger partial charge in [0.2, 0.25) is 0 Å². The van der Waals surface area contributed by atoms with Gasteiger partial charge in [-0.2, -0.15) is 0 Å². The molecule has 7 nitrogen and oxygen atoms in total. The highest BCUT2D eigenvalue weighted by molar-refractivity contribution is 5.69. The summed E-state index contributed by atoms with van der Waals surface area (Å²) in [5, 5.41) is 30.1. The van der Waals surface area contributed by atoms with Gasteiger partial charge < -0.3 is 29.5 Å². The third-order valence-corrected chi connectivity index (χ3v) is 7.05. The summed E-state index contributed by atoms with van der Waals surface area (Å²) in [6.45, 7) is 4.37. The van der Waals surface area contributed by atoms with Crippen molar-refractivity contribution in [1.29, 1.82) is 0 Å². The number of hydrogen-bond acceptors (Lipinski definition) is 7. The van der Waals surface area contributed by atoms with Gasteiger partial charge in [0.05, 0.1) is 0 Å². The molecule has 1 saturated heterocycles. The fraction of sp³-hybridized carbons (Fsp3) is 0.966. The second-order valence-electron chi connectivity index (χ2n) is 10.5. The first-order chi connectivity index (χ1) is 17.5. The third kappa shape index (κ3) is 15.5. The summed E-state index contributed by atoms with van der Waals surface area (Å²) in [6, 6.07) is 0. The topological polar surface area (TPSA) is 105 Å². The zero-order valence-corrected chi connectivity index (χ0v) is 23.2. The van der Waals surface area contributed by atoms with E-state index in [0.717, 1.165) is 25.7 Å². The normalized spacial score (nSPS) is 24.2. The Bertz CT molecular complexity index is 516. The van der Waals surface area contributed by atoms with Crippen molar-refractivity contribution >= 4 is 5.97 Å². The smallest absolute Gasteiger partial charge is 0.305 e. The molecule has 1 aliphatic rings. The average molecular weight is 517 g/mol. The highest BCUT2D eigenvalue weighted by Gasteiger charge is 2.44. The summed E-state index contributed by atoms with van der Waals surface area (Å²) in [5.41, 5.74) is 0. The first-order valence-corrected chi connectivity index (χ1v) is 15.0. The maximum absolute atomic E-state index is 12.0. The van der Waals surface area contributed by atoms with E-state index < -0.39 is 30.7 Å². The Labute approximate surface area is 220 Å². The van der Waals surface area contributed by atoms with Crippen molar-refractivity contribution in [3.63, 3.8) is 0 Å². The van der Waals surface area contributed by atoms with Crippen LogP contribution >= 0.6 is 0 Å². The fourth-order valence-corrected chi connectivity index (χ4v) is 4.67. The molecule has 0 amide bonds. The van der Waals surface area contributed by atoms with Crippen LogP contribution in [0.2, 0.25) is 0 Å². The maximum atomic E-state index is 12.0. The Morgan fingerprint density at radius 1 is 0.639 bits per heavy atom. The molecule has 0 aromatic rings. The molecule has 1 heterocycles. The number of carbonyl (C=O) groups excluding carboxylic acids is 1. The molecule has 0 aliphatic carbocycles. The molecular formula is C29H56O7. The van der Waals surface area contributed by atoms with Gasteiger partial charge in [-0.05, 0) is 12.8 Å². The van der Waals surface area contributed by atoms with E-state index in [2.05, 4.69) is 6.92 Å². The van der Waals surface area contributed by atoms with Gasteiger partial charge in [-0.1, -0.05) is 117 Å². The lowest BCUT2D eigenvalue weighted by Crippen LogP contribution is -2.59. The molecule has 1 aliphatic heterocycles. The van der Waals surface area contributed by atoms with E-state index in [1.807, 2.05) is 6.92 Å². The van der Waals surface area contributed by atoms with Gasteiger partial charge in [-0.15, -0.1) is 0 Å². The molecule has 0 radical (unpaired) electrons. The van der Waals surface area contributed by atoms with Gasteiger partial charge in [0.25, 0.3) is 0 Å². The number of aliphatic hydroxyl groups is 3. The van der Waals surface area contributed by atoms with Gasteiger partial charge in [0.15, 0.2) is 6.29 Å². The van der Waals surface area contributed by atoms with Crippen LogP contribution in [-0.2, 0) is 19.0 Å². The van der Waals surface area contributed by atoms with Crippen LogP contribution in [0.1, 0.15) is 136 Å². The highest BCUT2D eigenvalue weighted by Crippen LogP contribution is 2.23. The zero-order chi connectivity index (χ0) is 26.4. The second-order valence-corrected chi connectivity index (χ2v) is 10.5. The molecule has 3 N–H and O–H groups in total. The van der Waals surface area contributed by atoms with Gasteiger partial charge in [0.1, 0.15) is 31.0 Å². The molecule has 0 spiro atoms. The molecule has 1 unspecified atom stereocenters. The van der Waals surface area contributed by atoms with Crippen molar-refractivity contribution < 1.29 is 34.3 Å². The molecule has 0 bridgehead atoms. The van der Waals surface area contributed by atoms with Crippen LogP contribution in [0.3, 0.4) is 0 Å². The molecule has 0 aromatic carbocycles. The Balaban J connectivity index is 1.94. The molecule has 1 rings (SSSR count).